The van der Waals surface area contributed by atoms with Crippen molar-refractivity contribution in [3.63, 3.8) is 0 Å². The molecule has 6 nitrogen and oxygen atoms in total. The Balaban J connectivity index is 1.24. The van der Waals surface area contributed by atoms with E-state index in [1.807, 2.05) is 65.4 Å². The van der Waals surface area contributed by atoms with Crippen molar-refractivity contribution < 1.29 is 9.90 Å². The standard InChI is InChI=1S/C32H24N4O2/c33-17-30-27-15-23-9-3-1-7-21(23)13-25(27)19-35(30)12-6-5-11-29(32(37)38)36-20-26-14-22-8-2-4-10-24(22)16-28(26)31(36)18-34/h1-4,7-10,13-16,19-20,29H,5-6,11-12H2,(H,37,38)/t29-/m0/s1. The lowest BCUT2D eigenvalue weighted by Gasteiger charge is -2.15. The molecule has 4 aromatic carbocycles. The summed E-state index contributed by atoms with van der Waals surface area (Å²) in [5, 5.41) is 37.7. The van der Waals surface area contributed by atoms with E-state index < -0.39 is 12.0 Å². The van der Waals surface area contributed by atoms with E-state index in [2.05, 4.69) is 30.3 Å². The van der Waals surface area contributed by atoms with Crippen LogP contribution in [-0.4, -0.2) is 20.2 Å². The second-order valence-electron chi connectivity index (χ2n) is 9.70. The molecule has 0 aliphatic heterocycles. The number of nitriles is 2. The fourth-order valence-electron chi connectivity index (χ4n) is 5.55. The minimum Gasteiger partial charge on any atom is -0.480 e. The molecular weight excluding hydrogens is 472 g/mol. The second kappa shape index (κ2) is 9.42. The van der Waals surface area contributed by atoms with E-state index in [0.717, 1.165) is 43.1 Å². The van der Waals surface area contributed by atoms with Crippen LogP contribution >= 0.6 is 0 Å². The average molecular weight is 497 g/mol. The van der Waals surface area contributed by atoms with Crippen LogP contribution in [0.2, 0.25) is 0 Å². The number of aromatic nitrogens is 2. The van der Waals surface area contributed by atoms with Gasteiger partial charge >= 0.3 is 5.97 Å². The fraction of sp³-hybridized carbons (Fsp3) is 0.156. The third kappa shape index (κ3) is 3.93. The number of aliphatic carboxylic acids is 1. The molecule has 0 amide bonds. The number of unbranched alkanes of at least 4 members (excludes halogenated alkanes) is 1. The molecular formula is C32H24N4O2. The number of aryl methyl sites for hydroxylation is 1. The molecule has 2 heterocycles. The molecule has 184 valence electrons. The van der Waals surface area contributed by atoms with Crippen molar-refractivity contribution in [2.45, 2.75) is 31.8 Å². The monoisotopic (exact) mass is 496 g/mol. The van der Waals surface area contributed by atoms with Gasteiger partial charge in [-0.3, -0.25) is 0 Å². The van der Waals surface area contributed by atoms with Crippen LogP contribution in [0.25, 0.3) is 43.1 Å². The summed E-state index contributed by atoms with van der Waals surface area (Å²) < 4.78 is 3.58. The summed E-state index contributed by atoms with van der Waals surface area (Å²) in [6, 6.07) is 27.9. The largest absolute Gasteiger partial charge is 0.480 e. The highest BCUT2D eigenvalue weighted by Crippen LogP contribution is 2.31. The maximum absolute atomic E-state index is 12.3. The minimum absolute atomic E-state index is 0.369. The molecule has 0 unspecified atom stereocenters. The summed E-state index contributed by atoms with van der Waals surface area (Å²) in [5.74, 6) is -0.956. The third-order valence-electron chi connectivity index (χ3n) is 7.42. The van der Waals surface area contributed by atoms with Crippen LogP contribution in [0.3, 0.4) is 0 Å². The highest BCUT2D eigenvalue weighted by molar-refractivity contribution is 6.01. The van der Waals surface area contributed by atoms with Crippen molar-refractivity contribution in [3.05, 3.63) is 96.6 Å². The first kappa shape index (κ1) is 23.3. The van der Waals surface area contributed by atoms with Crippen LogP contribution in [0, 0.1) is 22.7 Å². The van der Waals surface area contributed by atoms with Crippen LogP contribution in [0.1, 0.15) is 36.7 Å². The molecule has 0 spiro atoms. The van der Waals surface area contributed by atoms with Gasteiger partial charge in [0.15, 0.2) is 0 Å². The number of nitrogens with zero attached hydrogens (tertiary/aromatic N) is 4. The zero-order valence-electron chi connectivity index (χ0n) is 20.6. The van der Waals surface area contributed by atoms with Crippen LogP contribution < -0.4 is 0 Å². The topological polar surface area (TPSA) is 94.7 Å². The number of benzene rings is 4. The van der Waals surface area contributed by atoms with E-state index in [1.54, 1.807) is 10.8 Å². The first-order valence-corrected chi connectivity index (χ1v) is 12.7. The molecule has 6 aromatic rings. The van der Waals surface area contributed by atoms with Gasteiger partial charge in [-0.15, -0.1) is 0 Å². The molecule has 1 N–H and O–H groups in total. The van der Waals surface area contributed by atoms with Gasteiger partial charge < -0.3 is 14.2 Å². The Hall–Kier alpha value is -5.07. The van der Waals surface area contributed by atoms with E-state index in [0.29, 0.717) is 37.2 Å². The molecule has 0 saturated heterocycles. The summed E-state index contributed by atoms with van der Waals surface area (Å²) in [6.07, 6.45) is 5.53. The Morgan fingerprint density at radius 1 is 0.737 bits per heavy atom. The van der Waals surface area contributed by atoms with Gasteiger partial charge in [0.2, 0.25) is 0 Å². The Morgan fingerprint density at radius 3 is 1.82 bits per heavy atom. The molecule has 6 rings (SSSR count). The Morgan fingerprint density at radius 2 is 1.26 bits per heavy atom. The van der Waals surface area contributed by atoms with E-state index >= 15 is 0 Å². The lowest BCUT2D eigenvalue weighted by molar-refractivity contribution is -0.141. The van der Waals surface area contributed by atoms with Gasteiger partial charge in [0.25, 0.3) is 0 Å². The molecule has 0 saturated carbocycles. The number of carboxylic acids is 1. The number of rotatable bonds is 7. The smallest absolute Gasteiger partial charge is 0.326 e. The Kier molecular flexibility index (Phi) is 5.79. The number of hydrogen-bond acceptors (Lipinski definition) is 3. The van der Waals surface area contributed by atoms with Crippen LogP contribution in [0.5, 0.6) is 0 Å². The second-order valence-corrected chi connectivity index (χ2v) is 9.70. The predicted octanol–water partition coefficient (Wildman–Crippen LogP) is 7.14. The van der Waals surface area contributed by atoms with Crippen LogP contribution in [-0.2, 0) is 11.3 Å². The maximum Gasteiger partial charge on any atom is 0.326 e. The normalized spacial score (nSPS) is 12.2. The molecule has 6 heteroatoms. The third-order valence-corrected chi connectivity index (χ3v) is 7.42. The number of fused-ring (bicyclic) bond motifs is 4. The lowest BCUT2D eigenvalue weighted by atomic mass is 10.1. The van der Waals surface area contributed by atoms with Crippen molar-refractivity contribution in [2.75, 3.05) is 0 Å². The number of hydrogen-bond donors (Lipinski definition) is 1. The highest BCUT2D eigenvalue weighted by atomic mass is 16.4. The molecule has 2 aromatic heterocycles. The number of carboxylic acid groups (broad SMARTS) is 1. The van der Waals surface area contributed by atoms with Crippen LogP contribution in [0.15, 0.2) is 85.2 Å². The van der Waals surface area contributed by atoms with Gasteiger partial charge in [-0.25, -0.2) is 4.79 Å². The SMILES string of the molecule is N#Cc1c2cc3ccccc3cc2cn1CCCC[C@@H](C(=O)O)n1cc2cc3ccccc3cc2c1C#N. The van der Waals surface area contributed by atoms with E-state index in [-0.39, 0.29) is 0 Å². The average Bonchev–Trinajstić information content (AvgIpc) is 3.46. The van der Waals surface area contributed by atoms with Gasteiger partial charge in [0.1, 0.15) is 29.6 Å². The highest BCUT2D eigenvalue weighted by Gasteiger charge is 2.23. The van der Waals surface area contributed by atoms with Crippen molar-refractivity contribution in [1.29, 1.82) is 10.5 Å². The Labute approximate surface area is 219 Å². The maximum atomic E-state index is 12.3. The minimum atomic E-state index is -0.956. The molecule has 0 fully saturated rings. The fourth-order valence-corrected chi connectivity index (χ4v) is 5.55. The van der Waals surface area contributed by atoms with E-state index in [4.69, 9.17) is 0 Å². The molecule has 0 aliphatic carbocycles. The van der Waals surface area contributed by atoms with Gasteiger partial charge in [-0.05, 0) is 65.1 Å². The summed E-state index contributed by atoms with van der Waals surface area (Å²) in [4.78, 5) is 12.3. The van der Waals surface area contributed by atoms with Crippen LogP contribution in [0.4, 0.5) is 0 Å². The van der Waals surface area contributed by atoms with Crippen molar-refractivity contribution in [3.8, 4) is 12.1 Å². The molecule has 0 radical (unpaired) electrons. The first-order valence-electron chi connectivity index (χ1n) is 12.7. The van der Waals surface area contributed by atoms with Gasteiger partial charge in [-0.1, -0.05) is 48.5 Å². The molecule has 38 heavy (non-hydrogen) atoms. The summed E-state index contributed by atoms with van der Waals surface area (Å²) >= 11 is 0. The predicted molar refractivity (Wildman–Crippen MR) is 149 cm³/mol. The van der Waals surface area contributed by atoms with Gasteiger partial charge in [0.05, 0.1) is 0 Å². The summed E-state index contributed by atoms with van der Waals surface area (Å²) in [6.45, 7) is 0.615. The van der Waals surface area contributed by atoms with Crippen molar-refractivity contribution in [1.82, 2.24) is 9.13 Å². The zero-order chi connectivity index (χ0) is 26.2. The molecule has 0 bridgehead atoms. The van der Waals surface area contributed by atoms with Gasteiger partial charge in [-0.2, -0.15) is 10.5 Å². The molecule has 0 aliphatic rings. The van der Waals surface area contributed by atoms with Crippen molar-refractivity contribution in [2.24, 2.45) is 0 Å². The quantitative estimate of drug-likeness (QED) is 0.238. The molecule has 1 atom stereocenters. The summed E-state index contributed by atoms with van der Waals surface area (Å²) in [7, 11) is 0. The lowest BCUT2D eigenvalue weighted by Crippen LogP contribution is -2.19. The van der Waals surface area contributed by atoms with Gasteiger partial charge in [0, 0.05) is 40.5 Å². The Bertz CT molecular complexity index is 1950. The first-order chi connectivity index (χ1) is 18.6. The zero-order valence-corrected chi connectivity index (χ0v) is 20.6. The number of carbonyl (C=O) groups is 1. The van der Waals surface area contributed by atoms with E-state index in [1.165, 1.54) is 0 Å². The van der Waals surface area contributed by atoms with E-state index in [9.17, 15) is 20.4 Å². The van der Waals surface area contributed by atoms with Crippen molar-refractivity contribution >= 4 is 49.1 Å². The summed E-state index contributed by atoms with van der Waals surface area (Å²) in [5.41, 5.74) is 0.990.